The van der Waals surface area contributed by atoms with Crippen LogP contribution >= 0.6 is 0 Å². The molecule has 0 saturated carbocycles. The van der Waals surface area contributed by atoms with Crippen molar-refractivity contribution in [2.24, 2.45) is 0 Å². The summed E-state index contributed by atoms with van der Waals surface area (Å²) >= 11 is 0. The molecule has 2 aromatic heterocycles. The number of nitrogens with zero attached hydrogens (tertiary/aromatic N) is 2. The molecule has 2 rings (SSSR count). The topological polar surface area (TPSA) is 25.8 Å². The third kappa shape index (κ3) is 1.79. The summed E-state index contributed by atoms with van der Waals surface area (Å²) in [4.78, 5) is 8.56. The van der Waals surface area contributed by atoms with E-state index < -0.39 is 0 Å². The average molecular weight is 183 g/mol. The van der Waals surface area contributed by atoms with Gasteiger partial charge in [-0.05, 0) is 31.2 Å². The molecule has 0 atom stereocenters. The van der Waals surface area contributed by atoms with E-state index in [1.54, 1.807) is 12.4 Å². The summed E-state index contributed by atoms with van der Waals surface area (Å²) in [6.07, 6.45) is 3.59. The molecule has 0 unspecified atom stereocenters. The molecule has 0 N–H and O–H groups in total. The van der Waals surface area contributed by atoms with E-state index in [0.717, 1.165) is 17.3 Å². The van der Waals surface area contributed by atoms with E-state index in [0.29, 0.717) is 0 Å². The minimum atomic E-state index is 0.978. The van der Waals surface area contributed by atoms with Crippen LogP contribution in [0.4, 0.5) is 0 Å². The first kappa shape index (κ1) is 8.88. The van der Waals surface area contributed by atoms with Crippen molar-refractivity contribution < 1.29 is 0 Å². The van der Waals surface area contributed by atoms with Gasteiger partial charge >= 0.3 is 0 Å². The highest BCUT2D eigenvalue weighted by atomic mass is 14.7. The first-order chi connectivity index (χ1) is 6.88. The highest BCUT2D eigenvalue weighted by Crippen LogP contribution is 2.17. The molecule has 0 spiro atoms. The van der Waals surface area contributed by atoms with Crippen LogP contribution in [0.2, 0.25) is 0 Å². The van der Waals surface area contributed by atoms with Crippen LogP contribution < -0.4 is 0 Å². The van der Waals surface area contributed by atoms with Crippen LogP contribution in [-0.4, -0.2) is 9.97 Å². The SMILES string of the molecule is C[C](c1ccccn1)c1ccccn1. The third-order valence-electron chi connectivity index (χ3n) is 2.10. The van der Waals surface area contributed by atoms with E-state index in [1.807, 2.05) is 43.3 Å². The smallest absolute Gasteiger partial charge is 0.0684 e. The van der Waals surface area contributed by atoms with E-state index in [1.165, 1.54) is 0 Å². The number of hydrogen-bond donors (Lipinski definition) is 0. The zero-order chi connectivity index (χ0) is 9.80. The molecule has 14 heavy (non-hydrogen) atoms. The minimum Gasteiger partial charge on any atom is -0.260 e. The number of pyridine rings is 2. The van der Waals surface area contributed by atoms with E-state index in [9.17, 15) is 0 Å². The van der Waals surface area contributed by atoms with E-state index in [4.69, 9.17) is 0 Å². The van der Waals surface area contributed by atoms with Crippen LogP contribution in [0.1, 0.15) is 18.3 Å². The Balaban J connectivity index is 2.30. The van der Waals surface area contributed by atoms with Crippen molar-refractivity contribution in [3.63, 3.8) is 0 Å². The molecule has 0 aromatic carbocycles. The van der Waals surface area contributed by atoms with Crippen LogP contribution in [0.25, 0.3) is 0 Å². The molecule has 0 aliphatic carbocycles. The summed E-state index contributed by atoms with van der Waals surface area (Å²) < 4.78 is 0. The maximum Gasteiger partial charge on any atom is 0.0684 e. The van der Waals surface area contributed by atoms with Gasteiger partial charge in [-0.2, -0.15) is 0 Å². The van der Waals surface area contributed by atoms with Gasteiger partial charge in [0, 0.05) is 12.4 Å². The van der Waals surface area contributed by atoms with Crippen molar-refractivity contribution in [3.8, 4) is 0 Å². The van der Waals surface area contributed by atoms with Gasteiger partial charge in [0.1, 0.15) is 0 Å². The van der Waals surface area contributed by atoms with Crippen LogP contribution in [0.15, 0.2) is 48.8 Å². The fraction of sp³-hybridized carbons (Fsp3) is 0.0833. The zero-order valence-electron chi connectivity index (χ0n) is 8.01. The van der Waals surface area contributed by atoms with Gasteiger partial charge in [-0.25, -0.2) is 0 Å². The molecule has 0 bridgehead atoms. The Bertz CT molecular complexity index is 344. The average Bonchev–Trinajstić information content (AvgIpc) is 2.30. The van der Waals surface area contributed by atoms with Gasteiger partial charge in [0.2, 0.25) is 0 Å². The first-order valence-corrected chi connectivity index (χ1v) is 4.54. The van der Waals surface area contributed by atoms with Crippen LogP contribution in [0.3, 0.4) is 0 Å². The first-order valence-electron chi connectivity index (χ1n) is 4.54. The summed E-state index contributed by atoms with van der Waals surface area (Å²) in [7, 11) is 0. The van der Waals surface area contributed by atoms with E-state index in [2.05, 4.69) is 9.97 Å². The van der Waals surface area contributed by atoms with Gasteiger partial charge in [0.25, 0.3) is 0 Å². The summed E-state index contributed by atoms with van der Waals surface area (Å²) in [6, 6.07) is 11.8. The molecule has 0 fully saturated rings. The van der Waals surface area contributed by atoms with Crippen molar-refractivity contribution in [2.45, 2.75) is 6.92 Å². The molecule has 0 aliphatic heterocycles. The fourth-order valence-corrected chi connectivity index (χ4v) is 1.30. The Morgan fingerprint density at radius 1 is 0.857 bits per heavy atom. The monoisotopic (exact) mass is 183 g/mol. The second-order valence-corrected chi connectivity index (χ2v) is 3.05. The van der Waals surface area contributed by atoms with Crippen molar-refractivity contribution in [2.75, 3.05) is 0 Å². The predicted octanol–water partition coefficient (Wildman–Crippen LogP) is 2.47. The molecule has 0 aliphatic rings. The summed E-state index contributed by atoms with van der Waals surface area (Å²) in [5.74, 6) is 1.10. The van der Waals surface area contributed by atoms with Crippen LogP contribution in [0.5, 0.6) is 0 Å². The van der Waals surface area contributed by atoms with Gasteiger partial charge in [-0.15, -0.1) is 0 Å². The van der Waals surface area contributed by atoms with Crippen molar-refractivity contribution in [3.05, 3.63) is 66.1 Å². The lowest BCUT2D eigenvalue weighted by atomic mass is 10.0. The highest BCUT2D eigenvalue weighted by molar-refractivity contribution is 5.35. The van der Waals surface area contributed by atoms with Crippen molar-refractivity contribution >= 4 is 0 Å². The normalized spacial score (nSPS) is 10.4. The fourth-order valence-electron chi connectivity index (χ4n) is 1.30. The van der Waals surface area contributed by atoms with Crippen LogP contribution in [-0.2, 0) is 0 Å². The Labute approximate surface area is 83.7 Å². The lowest BCUT2D eigenvalue weighted by Gasteiger charge is -2.08. The van der Waals surface area contributed by atoms with Crippen LogP contribution in [0, 0.1) is 5.92 Å². The van der Waals surface area contributed by atoms with Gasteiger partial charge in [-0.3, -0.25) is 9.97 Å². The van der Waals surface area contributed by atoms with Gasteiger partial charge in [0.15, 0.2) is 0 Å². The number of aromatic nitrogens is 2. The predicted molar refractivity (Wildman–Crippen MR) is 55.6 cm³/mol. The molecular formula is C12H11N2. The lowest BCUT2D eigenvalue weighted by molar-refractivity contribution is 1.03. The van der Waals surface area contributed by atoms with Gasteiger partial charge in [-0.1, -0.05) is 12.1 Å². The summed E-state index contributed by atoms with van der Waals surface area (Å²) in [5.41, 5.74) is 1.96. The molecule has 1 radical (unpaired) electrons. The maximum atomic E-state index is 4.28. The second-order valence-electron chi connectivity index (χ2n) is 3.05. The Morgan fingerprint density at radius 3 is 1.71 bits per heavy atom. The Kier molecular flexibility index (Phi) is 2.54. The molecule has 2 aromatic rings. The molecular weight excluding hydrogens is 172 g/mol. The molecule has 0 amide bonds. The Hall–Kier alpha value is -1.70. The highest BCUT2D eigenvalue weighted by Gasteiger charge is 2.10. The summed E-state index contributed by atoms with van der Waals surface area (Å²) in [6.45, 7) is 2.03. The second kappa shape index (κ2) is 4.01. The molecule has 69 valence electrons. The molecule has 0 saturated heterocycles. The summed E-state index contributed by atoms with van der Waals surface area (Å²) in [5, 5.41) is 0. The third-order valence-corrected chi connectivity index (χ3v) is 2.10. The molecule has 2 heteroatoms. The zero-order valence-corrected chi connectivity index (χ0v) is 8.01. The van der Waals surface area contributed by atoms with Crippen molar-refractivity contribution in [1.29, 1.82) is 0 Å². The quantitative estimate of drug-likeness (QED) is 0.714. The van der Waals surface area contributed by atoms with Crippen molar-refractivity contribution in [1.82, 2.24) is 9.97 Å². The Morgan fingerprint density at radius 2 is 1.36 bits per heavy atom. The standard InChI is InChI=1S/C12H11N2/c1-10(11-6-2-4-8-13-11)12-7-3-5-9-14-12/h2-9H,1H3. The minimum absolute atomic E-state index is 0.978. The molecule has 2 nitrogen and oxygen atoms in total. The van der Waals surface area contributed by atoms with E-state index in [-0.39, 0.29) is 0 Å². The number of hydrogen-bond acceptors (Lipinski definition) is 2. The van der Waals surface area contributed by atoms with Gasteiger partial charge < -0.3 is 0 Å². The number of rotatable bonds is 2. The lowest BCUT2D eigenvalue weighted by Crippen LogP contribution is -2.01. The largest absolute Gasteiger partial charge is 0.260 e. The maximum absolute atomic E-state index is 4.28. The van der Waals surface area contributed by atoms with E-state index >= 15 is 0 Å². The molecule has 2 heterocycles. The van der Waals surface area contributed by atoms with Gasteiger partial charge in [0.05, 0.1) is 17.3 Å².